The summed E-state index contributed by atoms with van der Waals surface area (Å²) in [5.41, 5.74) is -0.457. The Morgan fingerprint density at radius 3 is 2.65 bits per heavy atom. The summed E-state index contributed by atoms with van der Waals surface area (Å²) >= 11 is 0. The molecule has 1 unspecified atom stereocenters. The number of rotatable bonds is 7. The number of esters is 1. The second-order valence-corrected chi connectivity index (χ2v) is 5.99. The van der Waals surface area contributed by atoms with Crippen LogP contribution in [-0.2, 0) is 14.3 Å². The van der Waals surface area contributed by atoms with E-state index in [1.165, 1.54) is 0 Å². The smallest absolute Gasteiger partial charge is 0.407 e. The van der Waals surface area contributed by atoms with Crippen molar-refractivity contribution in [1.82, 2.24) is 10.6 Å². The Morgan fingerprint density at radius 2 is 2.05 bits per heavy atom. The summed E-state index contributed by atoms with van der Waals surface area (Å²) in [5.74, 6) is -0.0843. The summed E-state index contributed by atoms with van der Waals surface area (Å²) in [4.78, 5) is 22.6. The maximum absolute atomic E-state index is 11.4. The zero-order valence-electron chi connectivity index (χ0n) is 12.7. The average molecular weight is 286 g/mol. The number of hydrogen-bond donors (Lipinski definition) is 2. The molecule has 1 rings (SSSR count). The number of carbonyl (C=O) groups is 2. The van der Waals surface area contributed by atoms with Crippen LogP contribution in [0, 0.1) is 5.92 Å². The van der Waals surface area contributed by atoms with Gasteiger partial charge in [-0.1, -0.05) is 0 Å². The number of hydrogen-bond acceptors (Lipinski definition) is 5. The van der Waals surface area contributed by atoms with Crippen LogP contribution in [-0.4, -0.2) is 43.9 Å². The number of nitrogens with one attached hydrogen (secondary N) is 2. The third-order valence-electron chi connectivity index (χ3n) is 2.88. The van der Waals surface area contributed by atoms with Crippen LogP contribution in [0.25, 0.3) is 0 Å². The average Bonchev–Trinajstić information content (AvgIpc) is 2.71. The normalized spacial score (nSPS) is 18.8. The van der Waals surface area contributed by atoms with Gasteiger partial charge in [-0.15, -0.1) is 0 Å². The van der Waals surface area contributed by atoms with Crippen molar-refractivity contribution < 1.29 is 19.1 Å². The molecule has 0 aliphatic carbocycles. The van der Waals surface area contributed by atoms with Crippen molar-refractivity contribution >= 4 is 12.1 Å². The van der Waals surface area contributed by atoms with Crippen molar-refractivity contribution in [2.24, 2.45) is 5.92 Å². The lowest BCUT2D eigenvalue weighted by Gasteiger charge is -2.19. The van der Waals surface area contributed by atoms with Gasteiger partial charge in [0.25, 0.3) is 0 Å². The van der Waals surface area contributed by atoms with Gasteiger partial charge < -0.3 is 20.1 Å². The van der Waals surface area contributed by atoms with E-state index in [0.717, 1.165) is 25.8 Å². The Morgan fingerprint density at radius 1 is 1.35 bits per heavy atom. The molecule has 0 saturated carbocycles. The zero-order chi connectivity index (χ0) is 15.0. The quantitative estimate of drug-likeness (QED) is 0.547. The summed E-state index contributed by atoms with van der Waals surface area (Å²) in [6.07, 6.45) is 2.25. The lowest BCUT2D eigenvalue weighted by molar-refractivity contribution is -0.141. The highest BCUT2D eigenvalue weighted by Gasteiger charge is 2.25. The van der Waals surface area contributed by atoms with Crippen molar-refractivity contribution in [3.05, 3.63) is 0 Å². The van der Waals surface area contributed by atoms with Crippen LogP contribution in [0.2, 0.25) is 0 Å². The fourth-order valence-electron chi connectivity index (χ4n) is 1.88. The molecule has 0 aromatic carbocycles. The second kappa shape index (κ2) is 8.09. The van der Waals surface area contributed by atoms with E-state index < -0.39 is 5.60 Å². The molecule has 0 radical (unpaired) electrons. The van der Waals surface area contributed by atoms with E-state index >= 15 is 0 Å². The molecule has 20 heavy (non-hydrogen) atoms. The predicted octanol–water partition coefficient (Wildman–Crippen LogP) is 1.44. The molecule has 1 amide bonds. The van der Waals surface area contributed by atoms with Gasteiger partial charge in [0.05, 0.1) is 12.5 Å². The molecule has 0 aromatic heterocycles. The monoisotopic (exact) mass is 286 g/mol. The van der Waals surface area contributed by atoms with E-state index in [2.05, 4.69) is 10.6 Å². The third-order valence-corrected chi connectivity index (χ3v) is 2.88. The highest BCUT2D eigenvalue weighted by molar-refractivity contribution is 5.74. The molecule has 1 fully saturated rings. The number of alkyl carbamates (subject to hydrolysis) is 1. The number of ether oxygens (including phenoxy) is 2. The SMILES string of the molecule is CC(C)(C)OC(=O)NCCCCNCC1CCOC1=O. The van der Waals surface area contributed by atoms with Crippen LogP contribution in [0.3, 0.4) is 0 Å². The van der Waals surface area contributed by atoms with E-state index in [4.69, 9.17) is 9.47 Å². The van der Waals surface area contributed by atoms with E-state index in [9.17, 15) is 9.59 Å². The van der Waals surface area contributed by atoms with Crippen LogP contribution < -0.4 is 10.6 Å². The number of unbranched alkanes of at least 4 members (excludes halogenated alkanes) is 1. The van der Waals surface area contributed by atoms with Gasteiger partial charge in [0, 0.05) is 13.1 Å². The van der Waals surface area contributed by atoms with Gasteiger partial charge in [-0.25, -0.2) is 4.79 Å². The molecule has 0 aromatic rings. The first-order chi connectivity index (χ1) is 9.38. The molecule has 1 saturated heterocycles. The molecule has 2 N–H and O–H groups in total. The van der Waals surface area contributed by atoms with Crippen molar-refractivity contribution in [1.29, 1.82) is 0 Å². The van der Waals surface area contributed by atoms with Crippen LogP contribution >= 0.6 is 0 Å². The minimum absolute atomic E-state index is 0.00916. The molecular formula is C14H26N2O4. The standard InChI is InChI=1S/C14H26N2O4/c1-14(2,3)20-13(18)16-8-5-4-7-15-10-11-6-9-19-12(11)17/h11,15H,4-10H2,1-3H3,(H,16,18). The van der Waals surface area contributed by atoms with Crippen LogP contribution in [0.1, 0.15) is 40.0 Å². The highest BCUT2D eigenvalue weighted by atomic mass is 16.6. The fraction of sp³-hybridized carbons (Fsp3) is 0.857. The van der Waals surface area contributed by atoms with Crippen LogP contribution in [0.15, 0.2) is 0 Å². The Balaban J connectivity index is 1.92. The Kier molecular flexibility index (Phi) is 6.78. The molecule has 6 heteroatoms. The van der Waals surface area contributed by atoms with Crippen LogP contribution in [0.5, 0.6) is 0 Å². The molecule has 116 valence electrons. The molecule has 1 heterocycles. The van der Waals surface area contributed by atoms with E-state index in [-0.39, 0.29) is 18.0 Å². The topological polar surface area (TPSA) is 76.7 Å². The lowest BCUT2D eigenvalue weighted by atomic mass is 10.1. The first-order valence-corrected chi connectivity index (χ1v) is 7.23. The Bertz CT molecular complexity index is 326. The number of amides is 1. The van der Waals surface area contributed by atoms with Gasteiger partial charge in [0.15, 0.2) is 0 Å². The molecule has 0 bridgehead atoms. The van der Waals surface area contributed by atoms with Gasteiger partial charge >= 0.3 is 12.1 Å². The largest absolute Gasteiger partial charge is 0.465 e. The van der Waals surface area contributed by atoms with Gasteiger partial charge in [-0.2, -0.15) is 0 Å². The molecular weight excluding hydrogens is 260 g/mol. The van der Waals surface area contributed by atoms with E-state index in [0.29, 0.717) is 19.7 Å². The maximum atomic E-state index is 11.4. The molecule has 1 atom stereocenters. The molecule has 1 aliphatic heterocycles. The molecule has 6 nitrogen and oxygen atoms in total. The van der Waals surface area contributed by atoms with Crippen molar-refractivity contribution in [2.75, 3.05) is 26.2 Å². The zero-order valence-corrected chi connectivity index (χ0v) is 12.7. The molecule has 0 spiro atoms. The predicted molar refractivity (Wildman–Crippen MR) is 75.4 cm³/mol. The van der Waals surface area contributed by atoms with Crippen molar-refractivity contribution in [2.45, 2.75) is 45.6 Å². The Hall–Kier alpha value is -1.30. The Labute approximate surface area is 120 Å². The van der Waals surface area contributed by atoms with Crippen LogP contribution in [0.4, 0.5) is 4.79 Å². The summed E-state index contributed by atoms with van der Waals surface area (Å²) in [6.45, 7) is 8.17. The summed E-state index contributed by atoms with van der Waals surface area (Å²) in [7, 11) is 0. The minimum Gasteiger partial charge on any atom is -0.465 e. The first-order valence-electron chi connectivity index (χ1n) is 7.23. The van der Waals surface area contributed by atoms with Crippen molar-refractivity contribution in [3.8, 4) is 0 Å². The first kappa shape index (κ1) is 16.8. The van der Waals surface area contributed by atoms with Gasteiger partial charge in [-0.3, -0.25) is 4.79 Å². The van der Waals surface area contributed by atoms with Crippen molar-refractivity contribution in [3.63, 3.8) is 0 Å². The second-order valence-electron chi connectivity index (χ2n) is 5.99. The fourth-order valence-corrected chi connectivity index (χ4v) is 1.88. The summed E-state index contributed by atoms with van der Waals surface area (Å²) in [6, 6.07) is 0. The number of cyclic esters (lactones) is 1. The molecule has 1 aliphatic rings. The minimum atomic E-state index is -0.457. The van der Waals surface area contributed by atoms with Gasteiger partial charge in [0.1, 0.15) is 5.60 Å². The van der Waals surface area contributed by atoms with Gasteiger partial charge in [0.2, 0.25) is 0 Å². The summed E-state index contributed by atoms with van der Waals surface area (Å²) in [5, 5.41) is 5.95. The summed E-state index contributed by atoms with van der Waals surface area (Å²) < 4.78 is 10.0. The van der Waals surface area contributed by atoms with E-state index in [1.807, 2.05) is 20.8 Å². The van der Waals surface area contributed by atoms with Gasteiger partial charge in [-0.05, 0) is 46.6 Å². The number of carbonyl (C=O) groups excluding carboxylic acids is 2. The van der Waals surface area contributed by atoms with E-state index in [1.54, 1.807) is 0 Å². The maximum Gasteiger partial charge on any atom is 0.407 e. The third kappa shape index (κ3) is 7.33. The lowest BCUT2D eigenvalue weighted by Crippen LogP contribution is -2.33. The highest BCUT2D eigenvalue weighted by Crippen LogP contribution is 2.12.